The Labute approximate surface area is 216 Å². The number of hydrogen-bond acceptors (Lipinski definition) is 8. The van der Waals surface area contributed by atoms with E-state index in [9.17, 15) is 4.79 Å². The molecule has 3 aromatic rings. The number of carbonyl (C=O) groups is 1. The SMILES string of the molecule is COc1cc(C=C2C(=N)N3N=C(c4cccnc4)SC3=NC2=O)ccc1OCCSc1ccccc1. The van der Waals surface area contributed by atoms with Crippen molar-refractivity contribution in [2.24, 2.45) is 10.1 Å². The summed E-state index contributed by atoms with van der Waals surface area (Å²) in [6.45, 7) is 0.515. The fourth-order valence-corrected chi connectivity index (χ4v) is 5.12. The number of nitrogens with zero attached hydrogens (tertiary/aromatic N) is 4. The predicted molar refractivity (Wildman–Crippen MR) is 144 cm³/mol. The summed E-state index contributed by atoms with van der Waals surface area (Å²) < 4.78 is 11.4. The number of rotatable bonds is 8. The van der Waals surface area contributed by atoms with Crippen LogP contribution in [0.1, 0.15) is 11.1 Å². The molecule has 2 aliphatic heterocycles. The molecule has 10 heteroatoms. The lowest BCUT2D eigenvalue weighted by Gasteiger charge is -2.20. The number of thioether (sulfide) groups is 2. The first-order valence-corrected chi connectivity index (χ1v) is 12.8. The minimum absolute atomic E-state index is 0.0337. The maximum absolute atomic E-state index is 12.7. The number of fused-ring (bicyclic) bond motifs is 1. The molecule has 0 radical (unpaired) electrons. The molecule has 0 bridgehead atoms. The Morgan fingerprint density at radius 1 is 1.11 bits per heavy atom. The lowest BCUT2D eigenvalue weighted by atomic mass is 10.1. The van der Waals surface area contributed by atoms with Gasteiger partial charge in [0, 0.05) is 28.6 Å². The molecule has 0 fully saturated rings. The van der Waals surface area contributed by atoms with Crippen LogP contribution in [-0.2, 0) is 4.79 Å². The summed E-state index contributed by atoms with van der Waals surface area (Å²) in [6, 6.07) is 19.2. The number of methoxy groups -OCH3 is 1. The van der Waals surface area contributed by atoms with Crippen LogP contribution in [0.4, 0.5) is 0 Å². The number of aliphatic imine (C=N–C) groups is 1. The largest absolute Gasteiger partial charge is 0.493 e. The molecule has 0 atom stereocenters. The number of benzene rings is 2. The molecular formula is C26H21N5O3S2. The van der Waals surface area contributed by atoms with Crippen molar-refractivity contribution in [2.45, 2.75) is 4.90 Å². The minimum atomic E-state index is -0.487. The highest BCUT2D eigenvalue weighted by Gasteiger charge is 2.36. The summed E-state index contributed by atoms with van der Waals surface area (Å²) in [5, 5.41) is 15.4. The summed E-state index contributed by atoms with van der Waals surface area (Å²) in [4.78, 5) is 22.2. The zero-order chi connectivity index (χ0) is 24.9. The Hall–Kier alpha value is -3.89. The van der Waals surface area contributed by atoms with Crippen LogP contribution in [0.25, 0.3) is 6.08 Å². The normalized spacial score (nSPS) is 16.0. The molecule has 0 saturated heterocycles. The number of carbonyl (C=O) groups excluding carboxylic acids is 1. The number of aromatic nitrogens is 1. The number of amides is 1. The van der Waals surface area contributed by atoms with Gasteiger partial charge in [-0.05, 0) is 59.8 Å². The van der Waals surface area contributed by atoms with E-state index in [0.29, 0.717) is 33.9 Å². The number of pyridine rings is 1. The Kier molecular flexibility index (Phi) is 7.15. The zero-order valence-electron chi connectivity index (χ0n) is 19.2. The van der Waals surface area contributed by atoms with E-state index in [1.165, 1.54) is 21.7 Å². The van der Waals surface area contributed by atoms with Crippen molar-refractivity contribution in [2.75, 3.05) is 19.5 Å². The monoisotopic (exact) mass is 515 g/mol. The van der Waals surface area contributed by atoms with Gasteiger partial charge in [-0.1, -0.05) is 24.3 Å². The molecule has 0 unspecified atom stereocenters. The van der Waals surface area contributed by atoms with Gasteiger partial charge in [0.1, 0.15) is 5.04 Å². The van der Waals surface area contributed by atoms with E-state index in [1.54, 1.807) is 49.5 Å². The number of ether oxygens (including phenoxy) is 2. The highest BCUT2D eigenvalue weighted by Crippen LogP contribution is 2.33. The lowest BCUT2D eigenvalue weighted by Crippen LogP contribution is -2.35. The molecule has 3 heterocycles. The van der Waals surface area contributed by atoms with E-state index >= 15 is 0 Å². The Morgan fingerprint density at radius 2 is 1.97 bits per heavy atom. The zero-order valence-corrected chi connectivity index (χ0v) is 20.9. The van der Waals surface area contributed by atoms with E-state index in [2.05, 4.69) is 27.2 Å². The van der Waals surface area contributed by atoms with Crippen LogP contribution < -0.4 is 9.47 Å². The molecule has 0 aliphatic carbocycles. The molecule has 180 valence electrons. The van der Waals surface area contributed by atoms with Gasteiger partial charge in [0.15, 0.2) is 17.3 Å². The van der Waals surface area contributed by atoms with Crippen molar-refractivity contribution in [1.82, 2.24) is 9.99 Å². The molecule has 2 aliphatic rings. The summed E-state index contributed by atoms with van der Waals surface area (Å²) >= 11 is 2.96. The predicted octanol–water partition coefficient (Wildman–Crippen LogP) is 4.93. The third kappa shape index (κ3) is 5.19. The number of hydrogen-bond donors (Lipinski definition) is 1. The van der Waals surface area contributed by atoms with Crippen molar-refractivity contribution < 1.29 is 14.3 Å². The fourth-order valence-electron chi connectivity index (χ4n) is 3.49. The van der Waals surface area contributed by atoms with Crippen molar-refractivity contribution in [3.63, 3.8) is 0 Å². The molecule has 1 aromatic heterocycles. The van der Waals surface area contributed by atoms with Gasteiger partial charge in [-0.3, -0.25) is 15.2 Å². The lowest BCUT2D eigenvalue weighted by molar-refractivity contribution is -0.114. The van der Waals surface area contributed by atoms with Gasteiger partial charge < -0.3 is 9.47 Å². The van der Waals surface area contributed by atoms with Crippen molar-refractivity contribution in [1.29, 1.82) is 5.41 Å². The molecule has 0 saturated carbocycles. The average Bonchev–Trinajstić information content (AvgIpc) is 3.35. The van der Waals surface area contributed by atoms with Crippen LogP contribution in [0.15, 0.2) is 93.6 Å². The van der Waals surface area contributed by atoms with E-state index in [4.69, 9.17) is 14.9 Å². The number of hydrazone groups is 1. The second-order valence-corrected chi connectivity index (χ2v) is 9.71. The molecule has 1 N–H and O–H groups in total. The highest BCUT2D eigenvalue weighted by atomic mass is 32.2. The molecular weight excluding hydrogens is 494 g/mol. The summed E-state index contributed by atoms with van der Waals surface area (Å²) in [6.07, 6.45) is 4.98. The second-order valence-electron chi connectivity index (χ2n) is 7.59. The summed E-state index contributed by atoms with van der Waals surface area (Å²) in [5.41, 5.74) is 1.63. The van der Waals surface area contributed by atoms with Crippen LogP contribution in [0, 0.1) is 5.41 Å². The van der Waals surface area contributed by atoms with Crippen LogP contribution in [0.3, 0.4) is 0 Å². The van der Waals surface area contributed by atoms with Crippen molar-refractivity contribution in [3.8, 4) is 11.5 Å². The number of nitrogens with one attached hydrogen (secondary N) is 1. The van der Waals surface area contributed by atoms with Crippen molar-refractivity contribution >= 4 is 51.6 Å². The molecule has 2 aromatic carbocycles. The van der Waals surface area contributed by atoms with E-state index in [0.717, 1.165) is 11.3 Å². The van der Waals surface area contributed by atoms with E-state index in [1.807, 2.05) is 36.4 Å². The summed E-state index contributed by atoms with van der Waals surface area (Å²) in [7, 11) is 1.57. The van der Waals surface area contributed by atoms with E-state index < -0.39 is 5.91 Å². The second kappa shape index (κ2) is 10.8. The van der Waals surface area contributed by atoms with E-state index in [-0.39, 0.29) is 11.4 Å². The first-order chi connectivity index (χ1) is 17.6. The van der Waals surface area contributed by atoms with Gasteiger partial charge in [-0.25, -0.2) is 0 Å². The minimum Gasteiger partial charge on any atom is -0.493 e. The molecule has 36 heavy (non-hydrogen) atoms. The number of amidine groups is 2. The first kappa shape index (κ1) is 23.8. The van der Waals surface area contributed by atoms with Gasteiger partial charge in [0.05, 0.1) is 19.3 Å². The fraction of sp³-hybridized carbons (Fsp3) is 0.115. The maximum atomic E-state index is 12.7. The van der Waals surface area contributed by atoms with Crippen LogP contribution in [0.2, 0.25) is 0 Å². The molecule has 0 spiro atoms. The third-order valence-corrected chi connectivity index (χ3v) is 7.15. The first-order valence-electron chi connectivity index (χ1n) is 11.0. The van der Waals surface area contributed by atoms with Gasteiger partial charge in [-0.15, -0.1) is 11.8 Å². The van der Waals surface area contributed by atoms with Gasteiger partial charge in [0.25, 0.3) is 5.91 Å². The standard InChI is InChI=1S/C26H21N5O3S2/c1-33-22-15-17(9-10-21(22)34-12-13-35-19-7-3-2-4-8-19)14-20-23(27)31-26(29-24(20)32)36-25(30-31)18-6-5-11-28-16-18/h2-11,14-16,27H,12-13H2,1H3. The quantitative estimate of drug-likeness (QED) is 0.258. The molecule has 5 rings (SSSR count). The Morgan fingerprint density at radius 3 is 2.75 bits per heavy atom. The van der Waals surface area contributed by atoms with Crippen LogP contribution in [0.5, 0.6) is 11.5 Å². The Bertz CT molecular complexity index is 1390. The van der Waals surface area contributed by atoms with Crippen LogP contribution in [-0.4, -0.2) is 51.4 Å². The Balaban J connectivity index is 1.29. The molecule has 8 nitrogen and oxygen atoms in total. The average molecular weight is 516 g/mol. The smallest absolute Gasteiger partial charge is 0.283 e. The van der Waals surface area contributed by atoms with Gasteiger partial charge in [-0.2, -0.15) is 15.1 Å². The molecule has 1 amide bonds. The summed E-state index contributed by atoms with van der Waals surface area (Å²) in [5.74, 6) is 1.43. The topological polar surface area (TPSA) is 100 Å². The maximum Gasteiger partial charge on any atom is 0.283 e. The van der Waals surface area contributed by atoms with Crippen molar-refractivity contribution in [3.05, 3.63) is 89.8 Å². The van der Waals surface area contributed by atoms with Crippen LogP contribution >= 0.6 is 23.5 Å². The van der Waals surface area contributed by atoms with Gasteiger partial charge >= 0.3 is 0 Å². The third-order valence-electron chi connectivity index (χ3n) is 5.21. The van der Waals surface area contributed by atoms with Gasteiger partial charge in [0.2, 0.25) is 5.17 Å². The highest BCUT2D eigenvalue weighted by molar-refractivity contribution is 8.27.